The topological polar surface area (TPSA) is 75.6 Å². The van der Waals surface area contributed by atoms with Gasteiger partial charge in [-0.1, -0.05) is 48.6 Å². The van der Waals surface area contributed by atoms with Gasteiger partial charge < -0.3 is 15.2 Å². The number of aromatic hydroxyl groups is 1. The van der Waals surface area contributed by atoms with Gasteiger partial charge >= 0.3 is 5.97 Å². The first kappa shape index (κ1) is 20.4. The number of anilines is 1. The number of fused-ring (bicyclic) bond motifs is 1. The van der Waals surface area contributed by atoms with Crippen LogP contribution in [0.15, 0.2) is 60.7 Å². The molecule has 150 valence electrons. The van der Waals surface area contributed by atoms with E-state index in [1.807, 2.05) is 42.5 Å². The second-order valence-corrected chi connectivity index (χ2v) is 6.89. The Labute approximate surface area is 170 Å². The molecule has 5 nitrogen and oxygen atoms in total. The third-order valence-electron chi connectivity index (χ3n) is 4.60. The van der Waals surface area contributed by atoms with Crippen LogP contribution in [0.1, 0.15) is 47.2 Å². The molecule has 1 heterocycles. The minimum atomic E-state index is -0.575. The summed E-state index contributed by atoms with van der Waals surface area (Å²) in [6.07, 6.45) is 9.35. The summed E-state index contributed by atoms with van der Waals surface area (Å²) >= 11 is 0. The largest absolute Gasteiger partial charge is 0.507 e. The van der Waals surface area contributed by atoms with Crippen LogP contribution in [0.2, 0.25) is 0 Å². The minimum absolute atomic E-state index is 0.0761. The van der Waals surface area contributed by atoms with Crippen LogP contribution in [0.4, 0.5) is 5.69 Å². The van der Waals surface area contributed by atoms with Crippen LogP contribution in [0, 0.1) is 0 Å². The first-order chi connectivity index (χ1) is 14.1. The molecule has 0 atom stereocenters. The fourth-order valence-corrected chi connectivity index (χ4v) is 3.10. The Morgan fingerprint density at radius 1 is 1.00 bits per heavy atom. The van der Waals surface area contributed by atoms with Gasteiger partial charge in [-0.2, -0.15) is 0 Å². The maximum Gasteiger partial charge on any atom is 0.342 e. The number of ketones is 1. The third kappa shape index (κ3) is 6.07. The van der Waals surface area contributed by atoms with Crippen molar-refractivity contribution >= 4 is 23.5 Å². The summed E-state index contributed by atoms with van der Waals surface area (Å²) in [7, 11) is 0. The molecule has 29 heavy (non-hydrogen) atoms. The predicted molar refractivity (Wildman–Crippen MR) is 114 cm³/mol. The first-order valence-electron chi connectivity index (χ1n) is 9.81. The van der Waals surface area contributed by atoms with Gasteiger partial charge in [-0.15, -0.1) is 0 Å². The summed E-state index contributed by atoms with van der Waals surface area (Å²) in [5, 5.41) is 13.8. The SMILES string of the molecule is O=C1/C=C\CCOC(=O)c2c(O)cc(NCc3ccccc3)cc2/C=C/CCC1. The molecule has 0 radical (unpaired) electrons. The van der Waals surface area contributed by atoms with Crippen molar-refractivity contribution in [2.45, 2.75) is 32.2 Å². The van der Waals surface area contributed by atoms with Crippen molar-refractivity contribution in [3.05, 3.63) is 77.4 Å². The smallest absolute Gasteiger partial charge is 0.342 e. The van der Waals surface area contributed by atoms with Gasteiger partial charge in [0.25, 0.3) is 0 Å². The number of ether oxygens (including phenoxy) is 1. The second-order valence-electron chi connectivity index (χ2n) is 6.89. The number of allylic oxidation sites excluding steroid dienone is 2. The highest BCUT2D eigenvalue weighted by atomic mass is 16.5. The van der Waals surface area contributed by atoms with Gasteiger partial charge in [0, 0.05) is 24.7 Å². The number of rotatable bonds is 3. The van der Waals surface area contributed by atoms with E-state index in [9.17, 15) is 14.7 Å². The minimum Gasteiger partial charge on any atom is -0.507 e. The highest BCUT2D eigenvalue weighted by Crippen LogP contribution is 2.29. The van der Waals surface area contributed by atoms with Crippen molar-refractivity contribution in [2.75, 3.05) is 11.9 Å². The Hall–Kier alpha value is -3.34. The van der Waals surface area contributed by atoms with Gasteiger partial charge in [-0.3, -0.25) is 4.79 Å². The van der Waals surface area contributed by atoms with E-state index in [1.54, 1.807) is 24.3 Å². The molecule has 3 rings (SSSR count). The molecule has 0 aliphatic carbocycles. The van der Waals surface area contributed by atoms with Gasteiger partial charge in [0.1, 0.15) is 11.3 Å². The molecule has 2 aromatic carbocycles. The molecule has 0 aromatic heterocycles. The summed E-state index contributed by atoms with van der Waals surface area (Å²) in [5.41, 5.74) is 2.56. The lowest BCUT2D eigenvalue weighted by atomic mass is 10.0. The molecule has 1 aliphatic rings. The molecule has 2 aromatic rings. The summed E-state index contributed by atoms with van der Waals surface area (Å²) < 4.78 is 5.28. The summed E-state index contributed by atoms with van der Waals surface area (Å²) in [6, 6.07) is 13.3. The number of hydrogen-bond donors (Lipinski definition) is 2. The molecule has 0 saturated heterocycles. The molecule has 0 spiro atoms. The Morgan fingerprint density at radius 3 is 2.62 bits per heavy atom. The number of benzene rings is 2. The van der Waals surface area contributed by atoms with E-state index in [0.29, 0.717) is 37.1 Å². The number of esters is 1. The molecule has 1 aliphatic heterocycles. The van der Waals surface area contributed by atoms with E-state index < -0.39 is 5.97 Å². The lowest BCUT2D eigenvalue weighted by Gasteiger charge is -2.13. The van der Waals surface area contributed by atoms with Gasteiger partial charge in [-0.05, 0) is 42.5 Å². The lowest BCUT2D eigenvalue weighted by Crippen LogP contribution is -2.09. The summed E-state index contributed by atoms with van der Waals surface area (Å²) in [6.45, 7) is 0.751. The van der Waals surface area contributed by atoms with Crippen LogP contribution < -0.4 is 5.32 Å². The van der Waals surface area contributed by atoms with Crippen molar-refractivity contribution in [1.82, 2.24) is 0 Å². The molecular formula is C24H25NO4. The molecule has 0 saturated carbocycles. The van der Waals surface area contributed by atoms with E-state index in [0.717, 1.165) is 12.0 Å². The molecule has 0 unspecified atom stereocenters. The molecule has 5 heteroatoms. The number of phenolic OH excluding ortho intramolecular Hbond substituents is 1. The highest BCUT2D eigenvalue weighted by molar-refractivity contribution is 5.97. The molecule has 0 bridgehead atoms. The van der Waals surface area contributed by atoms with E-state index in [-0.39, 0.29) is 23.7 Å². The van der Waals surface area contributed by atoms with E-state index in [4.69, 9.17) is 4.74 Å². The van der Waals surface area contributed by atoms with E-state index >= 15 is 0 Å². The van der Waals surface area contributed by atoms with E-state index in [1.165, 1.54) is 0 Å². The maximum atomic E-state index is 12.5. The Kier molecular flexibility index (Phi) is 7.22. The summed E-state index contributed by atoms with van der Waals surface area (Å²) in [4.78, 5) is 24.3. The van der Waals surface area contributed by atoms with Crippen LogP contribution in [0.25, 0.3) is 6.08 Å². The summed E-state index contributed by atoms with van der Waals surface area (Å²) in [5.74, 6) is -0.619. The van der Waals surface area contributed by atoms with Crippen molar-refractivity contribution in [3.8, 4) is 5.75 Å². The Bertz CT molecular complexity index is 916. The standard InChI is InChI=1S/C24H25NO4/c26-21-12-6-2-5-11-19-15-20(25-17-18-9-3-1-4-10-18)16-22(27)23(19)24(28)29-14-8-7-13-21/h1,3-5,7,9-11,13,15-16,25,27H,2,6,8,12,14,17H2/b11-5+,13-7-. The van der Waals surface area contributed by atoms with Crippen LogP contribution in [0.5, 0.6) is 5.75 Å². The number of phenols is 1. The number of hydrogen-bond acceptors (Lipinski definition) is 5. The zero-order valence-electron chi connectivity index (χ0n) is 16.3. The normalized spacial score (nSPS) is 17.5. The number of carbonyl (C=O) groups excluding carboxylic acids is 2. The Morgan fingerprint density at radius 2 is 1.79 bits per heavy atom. The van der Waals surface area contributed by atoms with Crippen molar-refractivity contribution < 1.29 is 19.4 Å². The van der Waals surface area contributed by atoms with Crippen molar-refractivity contribution in [1.29, 1.82) is 0 Å². The number of carbonyl (C=O) groups is 2. The van der Waals surface area contributed by atoms with E-state index in [2.05, 4.69) is 5.32 Å². The van der Waals surface area contributed by atoms with Crippen LogP contribution in [0.3, 0.4) is 0 Å². The number of nitrogens with one attached hydrogen (secondary N) is 1. The van der Waals surface area contributed by atoms with Gasteiger partial charge in [-0.25, -0.2) is 4.79 Å². The van der Waals surface area contributed by atoms with Crippen molar-refractivity contribution in [3.63, 3.8) is 0 Å². The van der Waals surface area contributed by atoms with Crippen LogP contribution in [-0.4, -0.2) is 23.5 Å². The van der Waals surface area contributed by atoms with Crippen molar-refractivity contribution in [2.24, 2.45) is 0 Å². The fourth-order valence-electron chi connectivity index (χ4n) is 3.10. The van der Waals surface area contributed by atoms with Crippen LogP contribution in [-0.2, 0) is 16.1 Å². The second kappa shape index (κ2) is 10.3. The molecule has 0 amide bonds. The quantitative estimate of drug-likeness (QED) is 0.730. The van der Waals surface area contributed by atoms with Gasteiger partial charge in [0.05, 0.1) is 6.61 Å². The zero-order valence-corrected chi connectivity index (χ0v) is 16.3. The third-order valence-corrected chi connectivity index (χ3v) is 4.60. The molecular weight excluding hydrogens is 366 g/mol. The molecule has 2 N–H and O–H groups in total. The number of cyclic esters (lactones) is 1. The molecule has 0 fully saturated rings. The van der Waals surface area contributed by atoms with Gasteiger partial charge in [0.15, 0.2) is 5.78 Å². The maximum absolute atomic E-state index is 12.5. The van der Waals surface area contributed by atoms with Crippen LogP contribution >= 0.6 is 0 Å². The van der Waals surface area contributed by atoms with Gasteiger partial charge in [0.2, 0.25) is 0 Å². The monoisotopic (exact) mass is 391 g/mol. The Balaban J connectivity index is 1.83. The lowest BCUT2D eigenvalue weighted by molar-refractivity contribution is -0.114. The predicted octanol–water partition coefficient (Wildman–Crippen LogP) is 4.87. The fraction of sp³-hybridized carbons (Fsp3) is 0.250. The average Bonchev–Trinajstić information content (AvgIpc) is 2.71. The average molecular weight is 391 g/mol. The zero-order chi connectivity index (χ0) is 20.5. The first-order valence-corrected chi connectivity index (χ1v) is 9.81. The highest BCUT2D eigenvalue weighted by Gasteiger charge is 2.18.